The zero-order valence-electron chi connectivity index (χ0n) is 1.63. The molecule has 0 spiro atoms. The Morgan fingerprint density at radius 3 is 1.25 bits per heavy atom. The van der Waals surface area contributed by atoms with Crippen LogP contribution in [0.2, 0.25) is 0 Å². The van der Waals surface area contributed by atoms with Crippen LogP contribution in [-0.2, 0) is 10.1 Å². The lowest BCUT2D eigenvalue weighted by molar-refractivity contribution is -0.958. The minimum atomic E-state index is 2.24. The summed E-state index contributed by atoms with van der Waals surface area (Å²) in [5.41, 5.74) is 0. The van der Waals surface area contributed by atoms with Gasteiger partial charge in [0, 0.05) is 0 Å². The van der Waals surface area contributed by atoms with Crippen LogP contribution in [0.15, 0.2) is 0 Å². The van der Waals surface area contributed by atoms with Gasteiger partial charge in [-0.3, -0.25) is 0 Å². The molecule has 0 saturated carbocycles. The molecule has 4 heavy (non-hydrogen) atoms. The first kappa shape index (κ1) is 3.84. The fourth-order valence-corrected chi connectivity index (χ4v) is 0. The maximum Gasteiger partial charge on any atom is -0.307 e. The van der Waals surface area contributed by atoms with Gasteiger partial charge in [-0.15, -0.1) is 0 Å². The normalized spacial score (nSPS) is 7.50. The van der Waals surface area contributed by atoms with Crippen LogP contribution in [-0.4, -0.2) is 0 Å². The van der Waals surface area contributed by atoms with Crippen LogP contribution < -0.4 is 10.5 Å². The van der Waals surface area contributed by atoms with Gasteiger partial charge in [0.05, 0.1) is 0 Å². The van der Waals surface area contributed by atoms with Crippen LogP contribution in [0.5, 0.6) is 0 Å². The van der Waals surface area contributed by atoms with Gasteiger partial charge in [-0.1, -0.05) is 0 Å². The summed E-state index contributed by atoms with van der Waals surface area (Å²) in [6, 6.07) is 0. The molecule has 0 N–H and O–H groups in total. The Bertz CT molecular complexity index is 2.00. The van der Waals surface area contributed by atoms with Crippen molar-refractivity contribution >= 4 is 0 Å². The van der Waals surface area contributed by atoms with Gasteiger partial charge in [-0.05, 0) is 0 Å². The molecule has 0 heterocycles. The molecular formula is O4-2. The van der Waals surface area contributed by atoms with Gasteiger partial charge in [-0.25, -0.2) is 0 Å². The Hall–Kier alpha value is -0.160. The van der Waals surface area contributed by atoms with Gasteiger partial charge in [0.15, 0.2) is 0 Å². The molecule has 0 radical (unpaired) electrons. The van der Waals surface area contributed by atoms with E-state index < -0.39 is 0 Å². The molecule has 0 bridgehead atoms. The fraction of sp³-hybridized carbons (Fsp3) is 0. The molecule has 26 valence electrons. The summed E-state index contributed by atoms with van der Waals surface area (Å²) in [5, 5.41) is 21.0. The highest BCUT2D eigenvalue weighted by atomic mass is 17.6. The largest absolute Gasteiger partial charge is 0.693 e. The van der Waals surface area contributed by atoms with Crippen molar-refractivity contribution in [2.24, 2.45) is 0 Å². The molecule has 0 amide bonds. The Morgan fingerprint density at radius 2 is 1.25 bits per heavy atom. The molecular weight excluding hydrogens is 64.0 g/mol. The van der Waals surface area contributed by atoms with E-state index in [1.165, 1.54) is 0 Å². The first-order valence-electron chi connectivity index (χ1n) is 0.500. The van der Waals surface area contributed by atoms with Crippen molar-refractivity contribution in [3.8, 4) is 0 Å². The van der Waals surface area contributed by atoms with Crippen LogP contribution in [0.25, 0.3) is 0 Å². The van der Waals surface area contributed by atoms with Crippen LogP contribution in [0.4, 0.5) is 0 Å². The summed E-state index contributed by atoms with van der Waals surface area (Å²) in [6.07, 6.45) is 0. The minimum Gasteiger partial charge on any atom is -0.693 e. The second-order valence-electron chi connectivity index (χ2n) is 0.136. The molecule has 0 aromatic rings. The zero-order chi connectivity index (χ0) is 3.41. The third-order valence-electron chi connectivity index (χ3n) is 0.0278. The second-order valence-corrected chi connectivity index (χ2v) is 0.136. The van der Waals surface area contributed by atoms with E-state index in [4.69, 9.17) is 10.5 Å². The van der Waals surface area contributed by atoms with E-state index in [-0.39, 0.29) is 0 Å². The van der Waals surface area contributed by atoms with Crippen molar-refractivity contribution < 1.29 is 20.6 Å². The number of rotatable bonds is 1. The summed E-state index contributed by atoms with van der Waals surface area (Å²) in [6.45, 7) is 0. The highest BCUT2D eigenvalue weighted by Gasteiger charge is 1.22. The van der Waals surface area contributed by atoms with Gasteiger partial charge in [0.25, 0.3) is 0 Å². The summed E-state index contributed by atoms with van der Waals surface area (Å²) < 4.78 is 0. The van der Waals surface area contributed by atoms with E-state index in [1.807, 2.05) is 0 Å². The van der Waals surface area contributed by atoms with Gasteiger partial charge in [-0.2, -0.15) is 0 Å². The quantitative estimate of drug-likeness (QED) is 0.249. The predicted octanol–water partition coefficient (Wildman–Crippen LogP) is -2.51. The lowest BCUT2D eigenvalue weighted by Crippen LogP contribution is -2.13. The molecule has 0 aromatic heterocycles. The van der Waals surface area contributed by atoms with Crippen molar-refractivity contribution in [3.63, 3.8) is 0 Å². The molecule has 0 aliphatic heterocycles. The highest BCUT2D eigenvalue weighted by Crippen LogP contribution is 1.33. The average molecular weight is 64.0 g/mol. The van der Waals surface area contributed by atoms with Crippen molar-refractivity contribution in [1.29, 1.82) is 0 Å². The molecule has 0 rings (SSSR count). The molecule has 0 aliphatic rings. The Kier molecular flexibility index (Phi) is 2.73. The standard InChI is InChI=1S/H2O4/c1-3-4-2/h1-2H/p-2. The first-order chi connectivity index (χ1) is 1.91. The van der Waals surface area contributed by atoms with Crippen LogP contribution in [0, 0.1) is 0 Å². The summed E-state index contributed by atoms with van der Waals surface area (Å²) in [5.74, 6) is 0. The summed E-state index contributed by atoms with van der Waals surface area (Å²) in [4.78, 5) is 0. The molecule has 4 heteroatoms. The second kappa shape index (κ2) is 2.84. The average Bonchev–Trinajstić information content (AvgIpc) is 1.37. The molecule has 0 aliphatic carbocycles. The number of hydrogen-bond donors (Lipinski definition) is 0. The van der Waals surface area contributed by atoms with Crippen molar-refractivity contribution in [2.75, 3.05) is 0 Å². The van der Waals surface area contributed by atoms with E-state index in [0.717, 1.165) is 0 Å². The highest BCUT2D eigenvalue weighted by molar-refractivity contribution is 2.49. The van der Waals surface area contributed by atoms with Crippen LogP contribution >= 0.6 is 0 Å². The topological polar surface area (TPSA) is 64.6 Å². The van der Waals surface area contributed by atoms with E-state index in [9.17, 15) is 0 Å². The van der Waals surface area contributed by atoms with E-state index in [2.05, 4.69) is 10.1 Å². The molecule has 0 atom stereocenters. The lowest BCUT2D eigenvalue weighted by atomic mass is 14.4. The van der Waals surface area contributed by atoms with Gasteiger partial charge < -0.3 is 20.6 Å². The molecule has 0 aromatic carbocycles. The summed E-state index contributed by atoms with van der Waals surface area (Å²) >= 11 is 0. The Morgan fingerprint density at radius 1 is 1.00 bits per heavy atom. The van der Waals surface area contributed by atoms with Crippen LogP contribution in [0.3, 0.4) is 0 Å². The van der Waals surface area contributed by atoms with Gasteiger partial charge in [0.2, 0.25) is 0 Å². The summed E-state index contributed by atoms with van der Waals surface area (Å²) in [7, 11) is 0. The molecule has 0 unspecified atom stereocenters. The SMILES string of the molecule is [O-]OO[O-]. The predicted molar refractivity (Wildman–Crippen MR) is 2.17 cm³/mol. The molecule has 4 nitrogen and oxygen atoms in total. The van der Waals surface area contributed by atoms with Crippen molar-refractivity contribution in [1.82, 2.24) is 0 Å². The first-order valence-corrected chi connectivity index (χ1v) is 0.500. The Labute approximate surface area is 22.0 Å². The smallest absolute Gasteiger partial charge is 0.307 e. The van der Waals surface area contributed by atoms with Gasteiger partial charge >= 0.3 is 0 Å². The monoisotopic (exact) mass is 64.0 g/mol. The van der Waals surface area contributed by atoms with Crippen molar-refractivity contribution in [3.05, 3.63) is 0 Å². The van der Waals surface area contributed by atoms with Gasteiger partial charge in [0.1, 0.15) is 0 Å². The van der Waals surface area contributed by atoms with E-state index in [1.54, 1.807) is 0 Å². The fourth-order valence-electron chi connectivity index (χ4n) is 0. The Balaban J connectivity index is 1.97. The maximum atomic E-state index is 8.26. The minimum absolute atomic E-state index is 2.24. The maximum absolute atomic E-state index is 8.26. The third kappa shape index (κ3) is 1.84. The van der Waals surface area contributed by atoms with Crippen molar-refractivity contribution in [2.45, 2.75) is 0 Å². The zero-order valence-corrected chi connectivity index (χ0v) is 1.63. The number of hydrogen-bond acceptors (Lipinski definition) is 4. The third-order valence-corrected chi connectivity index (χ3v) is 0.0278. The molecule has 0 saturated heterocycles. The lowest BCUT2D eigenvalue weighted by Gasteiger charge is -2.05. The van der Waals surface area contributed by atoms with Crippen LogP contribution in [0.1, 0.15) is 0 Å². The van der Waals surface area contributed by atoms with E-state index >= 15 is 0 Å². The van der Waals surface area contributed by atoms with E-state index in [0.29, 0.717) is 0 Å². The molecule has 0 fully saturated rings.